The fourth-order valence-corrected chi connectivity index (χ4v) is 5.09. The van der Waals surface area contributed by atoms with Gasteiger partial charge in [-0.1, -0.05) is 17.7 Å². The fourth-order valence-electron chi connectivity index (χ4n) is 5.09. The number of hydrogen-bond acceptors (Lipinski definition) is 7. The molecular formula is C29H28N8O3. The Bertz CT molecular complexity index is 1760. The van der Waals surface area contributed by atoms with Gasteiger partial charge >= 0.3 is 0 Å². The number of carbonyl (C=O) groups excluding carboxylic acids is 2. The molecule has 6 rings (SSSR count). The first kappa shape index (κ1) is 25.2. The Labute approximate surface area is 230 Å². The minimum Gasteiger partial charge on any atom is -0.497 e. The van der Waals surface area contributed by atoms with Gasteiger partial charge in [0.15, 0.2) is 11.5 Å². The summed E-state index contributed by atoms with van der Waals surface area (Å²) in [4.78, 5) is 36.7. The topological polar surface area (TPSA) is 120 Å². The van der Waals surface area contributed by atoms with Crippen LogP contribution in [0.4, 0.5) is 11.5 Å². The molecule has 11 nitrogen and oxygen atoms in total. The van der Waals surface area contributed by atoms with Gasteiger partial charge in [0.2, 0.25) is 11.8 Å². The SMILES string of the molecule is COc1ccc(N2CC(C(=O)Nc3cc(C)nn3-c3ncnc4c3cnn4-c3ccc(C)cc3C)CC2=O)cc1. The first-order valence-corrected chi connectivity index (χ1v) is 12.9. The molecule has 4 heterocycles. The highest BCUT2D eigenvalue weighted by Gasteiger charge is 2.35. The first-order chi connectivity index (χ1) is 19.3. The van der Waals surface area contributed by atoms with Crippen molar-refractivity contribution in [1.82, 2.24) is 29.5 Å². The molecule has 2 aromatic carbocycles. The van der Waals surface area contributed by atoms with Crippen LogP contribution in [0.25, 0.3) is 22.5 Å². The molecular weight excluding hydrogens is 508 g/mol. The Morgan fingerprint density at radius 3 is 2.58 bits per heavy atom. The Morgan fingerprint density at radius 2 is 1.82 bits per heavy atom. The maximum absolute atomic E-state index is 13.3. The van der Waals surface area contributed by atoms with E-state index < -0.39 is 5.92 Å². The zero-order valence-electron chi connectivity index (χ0n) is 22.6. The number of fused-ring (bicyclic) bond motifs is 1. The van der Waals surface area contributed by atoms with Crippen molar-refractivity contribution in [1.29, 1.82) is 0 Å². The van der Waals surface area contributed by atoms with Gasteiger partial charge in [-0.3, -0.25) is 9.59 Å². The van der Waals surface area contributed by atoms with Crippen LogP contribution in [0.2, 0.25) is 0 Å². The third kappa shape index (κ3) is 4.45. The van der Waals surface area contributed by atoms with Crippen LogP contribution in [0, 0.1) is 26.7 Å². The number of anilines is 2. The molecule has 1 aliphatic rings. The van der Waals surface area contributed by atoms with Gasteiger partial charge in [-0.05, 0) is 56.7 Å². The van der Waals surface area contributed by atoms with Crippen molar-refractivity contribution in [2.24, 2.45) is 5.92 Å². The number of methoxy groups -OCH3 is 1. The number of amides is 2. The minimum atomic E-state index is -0.518. The second kappa shape index (κ2) is 9.92. The van der Waals surface area contributed by atoms with E-state index in [4.69, 9.17) is 4.74 Å². The van der Waals surface area contributed by atoms with Gasteiger partial charge in [-0.2, -0.15) is 14.9 Å². The average Bonchev–Trinajstić information content (AvgIpc) is 3.65. The van der Waals surface area contributed by atoms with Crippen molar-refractivity contribution in [3.63, 3.8) is 0 Å². The van der Waals surface area contributed by atoms with Gasteiger partial charge in [0.05, 0.1) is 36.0 Å². The molecule has 2 amide bonds. The van der Waals surface area contributed by atoms with Gasteiger partial charge in [0.1, 0.15) is 17.9 Å². The summed E-state index contributed by atoms with van der Waals surface area (Å²) in [6.07, 6.45) is 3.28. The smallest absolute Gasteiger partial charge is 0.230 e. The van der Waals surface area contributed by atoms with Gasteiger partial charge in [-0.25, -0.2) is 14.6 Å². The Kier molecular flexibility index (Phi) is 6.25. The van der Waals surface area contributed by atoms with E-state index in [9.17, 15) is 9.59 Å². The lowest BCUT2D eigenvalue weighted by Crippen LogP contribution is -2.28. The summed E-state index contributed by atoms with van der Waals surface area (Å²) in [5.41, 5.74) is 5.21. The normalized spacial score (nSPS) is 15.2. The lowest BCUT2D eigenvalue weighted by molar-refractivity contribution is -0.122. The number of aromatic nitrogens is 6. The zero-order chi connectivity index (χ0) is 28.0. The van der Waals surface area contributed by atoms with Crippen LogP contribution in [0.5, 0.6) is 5.75 Å². The van der Waals surface area contributed by atoms with Crippen LogP contribution >= 0.6 is 0 Å². The van der Waals surface area contributed by atoms with Gasteiger partial charge in [-0.15, -0.1) is 0 Å². The third-order valence-electron chi connectivity index (χ3n) is 7.09. The van der Waals surface area contributed by atoms with Crippen LogP contribution in [-0.4, -0.2) is 55.0 Å². The molecule has 202 valence electrons. The highest BCUT2D eigenvalue weighted by Crippen LogP contribution is 2.29. The molecule has 0 bridgehead atoms. The van der Waals surface area contributed by atoms with E-state index >= 15 is 0 Å². The number of carbonyl (C=O) groups is 2. The standard InChI is InChI=1S/C29H28N8O3/c1-17-5-10-24(18(2)11-17)36-27-23(14-32-36)28(31-16-30-27)37-25(12-19(3)34-37)33-29(39)20-13-26(38)35(15-20)21-6-8-22(40-4)9-7-21/h5-12,14,16,20H,13,15H2,1-4H3,(H,33,39). The molecule has 1 aliphatic heterocycles. The van der Waals surface area contributed by atoms with E-state index in [0.29, 0.717) is 34.1 Å². The summed E-state index contributed by atoms with van der Waals surface area (Å²) < 4.78 is 8.57. The minimum absolute atomic E-state index is 0.105. The lowest BCUT2D eigenvalue weighted by Gasteiger charge is -2.17. The van der Waals surface area contributed by atoms with Crippen LogP contribution in [0.1, 0.15) is 23.2 Å². The van der Waals surface area contributed by atoms with Crippen molar-refractivity contribution in [2.75, 3.05) is 23.9 Å². The second-order valence-electron chi connectivity index (χ2n) is 9.96. The molecule has 3 aromatic heterocycles. The molecule has 0 radical (unpaired) electrons. The van der Waals surface area contributed by atoms with Crippen molar-refractivity contribution >= 4 is 34.4 Å². The molecule has 40 heavy (non-hydrogen) atoms. The number of nitrogens with zero attached hydrogens (tertiary/aromatic N) is 7. The maximum Gasteiger partial charge on any atom is 0.230 e. The van der Waals surface area contributed by atoms with E-state index in [1.807, 2.05) is 45.0 Å². The summed E-state index contributed by atoms with van der Waals surface area (Å²) >= 11 is 0. The van der Waals surface area contributed by atoms with E-state index in [1.54, 1.807) is 45.8 Å². The van der Waals surface area contributed by atoms with Gasteiger partial charge in [0, 0.05) is 24.7 Å². The molecule has 0 spiro atoms. The molecule has 1 unspecified atom stereocenters. The van der Waals surface area contributed by atoms with E-state index in [1.165, 1.54) is 6.33 Å². The molecule has 1 fully saturated rings. The molecule has 0 saturated carbocycles. The van der Waals surface area contributed by atoms with Gasteiger partial charge < -0.3 is 15.0 Å². The monoisotopic (exact) mass is 536 g/mol. The number of aryl methyl sites for hydroxylation is 3. The zero-order valence-corrected chi connectivity index (χ0v) is 22.6. The molecule has 11 heteroatoms. The maximum atomic E-state index is 13.3. The number of hydrogen-bond donors (Lipinski definition) is 1. The number of ether oxygens (including phenoxy) is 1. The van der Waals surface area contributed by atoms with Crippen LogP contribution in [-0.2, 0) is 9.59 Å². The van der Waals surface area contributed by atoms with Crippen LogP contribution in [0.15, 0.2) is 61.1 Å². The Morgan fingerprint density at radius 1 is 1.02 bits per heavy atom. The summed E-state index contributed by atoms with van der Waals surface area (Å²) in [6, 6.07) is 15.1. The number of nitrogens with one attached hydrogen (secondary N) is 1. The first-order valence-electron chi connectivity index (χ1n) is 12.9. The van der Waals surface area contributed by atoms with Crippen molar-refractivity contribution < 1.29 is 14.3 Å². The molecule has 1 saturated heterocycles. The van der Waals surface area contributed by atoms with Crippen LogP contribution in [0.3, 0.4) is 0 Å². The van der Waals surface area contributed by atoms with E-state index in [2.05, 4.69) is 31.5 Å². The summed E-state index contributed by atoms with van der Waals surface area (Å²) in [7, 11) is 1.59. The molecule has 1 N–H and O–H groups in total. The quantitative estimate of drug-likeness (QED) is 0.349. The lowest BCUT2D eigenvalue weighted by atomic mass is 10.1. The largest absolute Gasteiger partial charge is 0.497 e. The molecule has 0 aliphatic carbocycles. The molecule has 1 atom stereocenters. The highest BCUT2D eigenvalue weighted by molar-refractivity contribution is 6.03. The van der Waals surface area contributed by atoms with E-state index in [-0.39, 0.29) is 24.8 Å². The number of rotatable bonds is 6. The predicted molar refractivity (Wildman–Crippen MR) is 150 cm³/mol. The van der Waals surface area contributed by atoms with E-state index in [0.717, 1.165) is 22.5 Å². The number of benzene rings is 2. The van der Waals surface area contributed by atoms with Crippen molar-refractivity contribution in [3.8, 4) is 17.3 Å². The third-order valence-corrected chi connectivity index (χ3v) is 7.09. The Hall–Kier alpha value is -5.06. The summed E-state index contributed by atoms with van der Waals surface area (Å²) in [5.74, 6) is 0.764. The second-order valence-corrected chi connectivity index (χ2v) is 9.96. The van der Waals surface area contributed by atoms with Gasteiger partial charge in [0.25, 0.3) is 0 Å². The summed E-state index contributed by atoms with van der Waals surface area (Å²) in [5, 5.41) is 12.9. The predicted octanol–water partition coefficient (Wildman–Crippen LogP) is 3.93. The average molecular weight is 537 g/mol. The summed E-state index contributed by atoms with van der Waals surface area (Å²) in [6.45, 7) is 6.21. The van der Waals surface area contributed by atoms with Crippen LogP contribution < -0.4 is 15.0 Å². The van der Waals surface area contributed by atoms with Crippen molar-refractivity contribution in [3.05, 3.63) is 77.9 Å². The fraction of sp³-hybridized carbons (Fsp3) is 0.241. The molecule has 5 aromatic rings. The highest BCUT2D eigenvalue weighted by atomic mass is 16.5. The Balaban J connectivity index is 1.28. The van der Waals surface area contributed by atoms with Crippen molar-refractivity contribution in [2.45, 2.75) is 27.2 Å².